The Morgan fingerprint density at radius 2 is 2.00 bits per heavy atom. The van der Waals surface area contributed by atoms with Gasteiger partial charge >= 0.3 is 0 Å². The minimum Gasteiger partial charge on any atom is -0.450 e. The molecule has 2 aromatic carbocycles. The number of fused-ring (bicyclic) bond motifs is 1. The largest absolute Gasteiger partial charge is 0.450 e. The van der Waals surface area contributed by atoms with Crippen molar-refractivity contribution in [3.05, 3.63) is 81.0 Å². The summed E-state index contributed by atoms with van der Waals surface area (Å²) < 4.78 is 20.0. The van der Waals surface area contributed by atoms with E-state index in [0.29, 0.717) is 26.6 Å². The molecule has 0 bridgehead atoms. The first-order valence-corrected chi connectivity index (χ1v) is 10.8. The van der Waals surface area contributed by atoms with Gasteiger partial charge in [0.15, 0.2) is 15.5 Å². The monoisotopic (exact) mass is 441 g/mol. The molecule has 0 saturated heterocycles. The van der Waals surface area contributed by atoms with Crippen LogP contribution in [0.5, 0.6) is 0 Å². The van der Waals surface area contributed by atoms with Crippen molar-refractivity contribution >= 4 is 45.1 Å². The van der Waals surface area contributed by atoms with Crippen LogP contribution in [-0.4, -0.2) is 16.1 Å². The maximum atomic E-state index is 13.7. The highest BCUT2D eigenvalue weighted by atomic mass is 32.2. The number of carbonyl (C=O) groups is 1. The van der Waals surface area contributed by atoms with Gasteiger partial charge in [-0.05, 0) is 42.7 Å². The van der Waals surface area contributed by atoms with Gasteiger partial charge in [0.05, 0.1) is 5.39 Å². The van der Waals surface area contributed by atoms with Gasteiger partial charge < -0.3 is 4.42 Å². The molecule has 9 heteroatoms. The van der Waals surface area contributed by atoms with Crippen molar-refractivity contribution in [2.24, 2.45) is 0 Å². The highest BCUT2D eigenvalue weighted by Crippen LogP contribution is 2.29. The van der Waals surface area contributed by atoms with Crippen molar-refractivity contribution in [2.45, 2.75) is 23.9 Å². The molecule has 0 unspecified atom stereocenters. The van der Waals surface area contributed by atoms with E-state index in [9.17, 15) is 14.0 Å². The van der Waals surface area contributed by atoms with Gasteiger partial charge in [-0.3, -0.25) is 14.9 Å². The summed E-state index contributed by atoms with van der Waals surface area (Å²) in [6.07, 6.45) is 0. The third-order valence-corrected chi connectivity index (χ3v) is 6.34. The van der Waals surface area contributed by atoms with Gasteiger partial charge in [0.2, 0.25) is 5.13 Å². The fourth-order valence-corrected chi connectivity index (χ4v) is 4.69. The molecule has 0 spiro atoms. The fraction of sp³-hybridized carbons (Fsp3) is 0.143. The first kappa shape index (κ1) is 20.2. The third kappa shape index (κ3) is 4.27. The van der Waals surface area contributed by atoms with E-state index in [1.165, 1.54) is 23.9 Å². The number of rotatable bonds is 5. The summed E-state index contributed by atoms with van der Waals surface area (Å²) in [6.45, 7) is 3.72. The number of hydrogen-bond donors (Lipinski definition) is 1. The number of nitrogens with zero attached hydrogens (tertiary/aromatic N) is 2. The number of nitrogens with one attached hydrogen (secondary N) is 1. The number of amides is 1. The lowest BCUT2D eigenvalue weighted by Crippen LogP contribution is -2.15. The first-order chi connectivity index (χ1) is 14.4. The zero-order valence-corrected chi connectivity index (χ0v) is 17.7. The zero-order valence-electron chi connectivity index (χ0n) is 16.1. The number of aromatic nitrogens is 2. The average Bonchev–Trinajstić information content (AvgIpc) is 3.15. The van der Waals surface area contributed by atoms with Gasteiger partial charge in [-0.25, -0.2) is 4.39 Å². The minimum atomic E-state index is -0.587. The molecule has 0 aliphatic rings. The quantitative estimate of drug-likeness (QED) is 0.349. The summed E-state index contributed by atoms with van der Waals surface area (Å²) in [7, 11) is 0. The van der Waals surface area contributed by atoms with Crippen molar-refractivity contribution < 1.29 is 13.6 Å². The Balaban J connectivity index is 1.49. The topological polar surface area (TPSA) is 85.1 Å². The Kier molecular flexibility index (Phi) is 5.65. The lowest BCUT2D eigenvalue weighted by Gasteiger charge is -2.06. The average molecular weight is 442 g/mol. The van der Waals surface area contributed by atoms with Crippen molar-refractivity contribution in [2.75, 3.05) is 5.32 Å². The van der Waals surface area contributed by atoms with Crippen molar-refractivity contribution in [3.8, 4) is 0 Å². The molecule has 0 radical (unpaired) electrons. The third-order valence-electron chi connectivity index (χ3n) is 4.32. The molecule has 2 heterocycles. The number of anilines is 1. The maximum absolute atomic E-state index is 13.7. The Labute approximate surface area is 179 Å². The molecule has 1 amide bonds. The summed E-state index contributed by atoms with van der Waals surface area (Å²) in [6, 6.07) is 11.3. The summed E-state index contributed by atoms with van der Waals surface area (Å²) in [5.74, 6) is -0.570. The van der Waals surface area contributed by atoms with Crippen molar-refractivity contribution in [1.29, 1.82) is 0 Å². The smallest absolute Gasteiger partial charge is 0.293 e. The molecule has 0 saturated carbocycles. The van der Waals surface area contributed by atoms with Crippen LogP contribution in [-0.2, 0) is 5.75 Å². The fourth-order valence-electron chi connectivity index (χ4n) is 2.95. The van der Waals surface area contributed by atoms with Crippen LogP contribution in [0.25, 0.3) is 11.0 Å². The van der Waals surface area contributed by atoms with Crippen LogP contribution in [0.2, 0.25) is 0 Å². The number of carbonyl (C=O) groups excluding carboxylic acids is 1. The zero-order chi connectivity index (χ0) is 21.3. The first-order valence-electron chi connectivity index (χ1n) is 8.97. The van der Waals surface area contributed by atoms with E-state index in [4.69, 9.17) is 4.42 Å². The van der Waals surface area contributed by atoms with Gasteiger partial charge in [0, 0.05) is 11.8 Å². The Morgan fingerprint density at radius 3 is 2.80 bits per heavy atom. The SMILES string of the molecule is Cc1cc(C)c2oc(C(=O)Nc3nnc(SCc4ccccc4F)s3)cc(=O)c2c1. The summed E-state index contributed by atoms with van der Waals surface area (Å²) in [4.78, 5) is 25.0. The highest BCUT2D eigenvalue weighted by Gasteiger charge is 2.16. The van der Waals surface area contributed by atoms with E-state index >= 15 is 0 Å². The molecule has 0 aliphatic carbocycles. The lowest BCUT2D eigenvalue weighted by molar-refractivity contribution is 0.0997. The standard InChI is InChI=1S/C21H16FN3O3S2/c1-11-7-12(2)18-14(8-11)16(26)9-17(28-18)19(27)23-20-24-25-21(30-20)29-10-13-5-3-4-6-15(13)22/h3-9H,10H2,1-2H3,(H,23,24,27). The molecular formula is C21H16FN3O3S2. The number of aryl methyl sites for hydroxylation is 2. The molecule has 0 fully saturated rings. The normalized spacial score (nSPS) is 11.0. The second kappa shape index (κ2) is 8.37. The summed E-state index contributed by atoms with van der Waals surface area (Å²) in [5.41, 5.74) is 2.38. The highest BCUT2D eigenvalue weighted by molar-refractivity contribution is 8.00. The molecule has 4 aromatic rings. The number of thioether (sulfide) groups is 1. The van der Waals surface area contributed by atoms with Gasteiger partial charge in [0.25, 0.3) is 5.91 Å². The maximum Gasteiger partial charge on any atom is 0.293 e. The van der Waals surface area contributed by atoms with Crippen LogP contribution in [0, 0.1) is 19.7 Å². The molecule has 2 aromatic heterocycles. The lowest BCUT2D eigenvalue weighted by atomic mass is 10.1. The summed E-state index contributed by atoms with van der Waals surface area (Å²) in [5, 5.41) is 11.2. The van der Waals surface area contributed by atoms with Crippen LogP contribution in [0.4, 0.5) is 9.52 Å². The molecule has 30 heavy (non-hydrogen) atoms. The van der Waals surface area contributed by atoms with Crippen LogP contribution in [0.1, 0.15) is 27.2 Å². The molecule has 0 aliphatic heterocycles. The molecule has 0 atom stereocenters. The van der Waals surface area contributed by atoms with E-state index in [1.807, 2.05) is 19.9 Å². The van der Waals surface area contributed by atoms with Crippen LogP contribution >= 0.6 is 23.1 Å². The minimum absolute atomic E-state index is 0.102. The Morgan fingerprint density at radius 1 is 1.20 bits per heavy atom. The van der Waals surface area contributed by atoms with E-state index < -0.39 is 5.91 Å². The molecule has 6 nitrogen and oxygen atoms in total. The van der Waals surface area contributed by atoms with Gasteiger partial charge in [-0.2, -0.15) is 0 Å². The second-order valence-corrected chi connectivity index (χ2v) is 8.84. The second-order valence-electron chi connectivity index (χ2n) is 6.64. The molecule has 4 rings (SSSR count). The number of hydrogen-bond acceptors (Lipinski definition) is 7. The molecular weight excluding hydrogens is 425 g/mol. The van der Waals surface area contributed by atoms with Crippen LogP contribution in [0.15, 0.2) is 56.0 Å². The van der Waals surface area contributed by atoms with E-state index in [2.05, 4.69) is 15.5 Å². The van der Waals surface area contributed by atoms with Crippen molar-refractivity contribution in [1.82, 2.24) is 10.2 Å². The predicted molar refractivity (Wildman–Crippen MR) is 116 cm³/mol. The summed E-state index contributed by atoms with van der Waals surface area (Å²) >= 11 is 2.48. The Bertz CT molecular complexity index is 1320. The van der Waals surface area contributed by atoms with E-state index in [-0.39, 0.29) is 22.1 Å². The predicted octanol–water partition coefficient (Wildman–Crippen LogP) is 4.95. The van der Waals surface area contributed by atoms with Gasteiger partial charge in [-0.1, -0.05) is 47.4 Å². The van der Waals surface area contributed by atoms with E-state index in [0.717, 1.165) is 22.5 Å². The van der Waals surface area contributed by atoms with E-state index in [1.54, 1.807) is 24.3 Å². The van der Waals surface area contributed by atoms with Crippen molar-refractivity contribution in [3.63, 3.8) is 0 Å². The van der Waals surface area contributed by atoms with Gasteiger partial charge in [-0.15, -0.1) is 10.2 Å². The Hall–Kier alpha value is -3.04. The number of benzene rings is 2. The van der Waals surface area contributed by atoms with Crippen LogP contribution in [0.3, 0.4) is 0 Å². The molecule has 1 N–H and O–H groups in total. The number of halogens is 1. The van der Waals surface area contributed by atoms with Crippen LogP contribution < -0.4 is 10.7 Å². The molecule has 152 valence electrons. The van der Waals surface area contributed by atoms with Gasteiger partial charge in [0.1, 0.15) is 11.4 Å².